The zero-order valence-electron chi connectivity index (χ0n) is 25.0. The van der Waals surface area contributed by atoms with Gasteiger partial charge in [-0.15, -0.1) is 0 Å². The summed E-state index contributed by atoms with van der Waals surface area (Å²) in [6.07, 6.45) is 6.19. The summed E-state index contributed by atoms with van der Waals surface area (Å²) in [6.45, 7) is 4.89. The van der Waals surface area contributed by atoms with Gasteiger partial charge in [0.25, 0.3) is 5.91 Å². The summed E-state index contributed by atoms with van der Waals surface area (Å²) in [6, 6.07) is 11.3. The third-order valence-corrected chi connectivity index (χ3v) is 13.1. The van der Waals surface area contributed by atoms with Gasteiger partial charge in [0.2, 0.25) is 10.0 Å². The third-order valence-electron chi connectivity index (χ3n) is 10.9. The maximum Gasteiger partial charge on any atom is 0.264 e. The Hall–Kier alpha value is -2.33. The van der Waals surface area contributed by atoms with Crippen molar-refractivity contribution in [3.63, 3.8) is 0 Å². The molecule has 2 heterocycles. The highest BCUT2D eigenvalue weighted by molar-refractivity contribution is 7.90. The predicted molar refractivity (Wildman–Crippen MR) is 167 cm³/mol. The van der Waals surface area contributed by atoms with Crippen molar-refractivity contribution >= 4 is 33.2 Å². The van der Waals surface area contributed by atoms with Gasteiger partial charge < -0.3 is 19.8 Å². The molecule has 1 amide bonds. The standard InChI is InChI=1S/C33H43ClN2O6S/c1-21-5-3-14-33(39,19-37)28-10-7-25(28)17-36-18-32(13-4-6-23-15-26(34)9-11-27(23)32)20-42-30-12-8-24(16-29(30)36)31(38)35-43(40,41)22(21)2/h8-9,11-12,15-16,21-22,25,28,37,39H,3-7,10,13-14,17-20H2,1-2H3,(H,35,38)/t21-,22+,25-,28+,32-,33-/m0/s1. The number of carbonyl (C=O) groups is 1. The molecule has 1 saturated carbocycles. The lowest BCUT2D eigenvalue weighted by Gasteiger charge is -2.49. The second-order valence-electron chi connectivity index (χ2n) is 13.5. The quantitative estimate of drug-likeness (QED) is 0.413. The Morgan fingerprint density at radius 1 is 1.09 bits per heavy atom. The van der Waals surface area contributed by atoms with Crippen molar-refractivity contribution in [3.05, 3.63) is 58.1 Å². The van der Waals surface area contributed by atoms with Gasteiger partial charge in [0.15, 0.2) is 0 Å². The number of benzene rings is 2. The van der Waals surface area contributed by atoms with Crippen molar-refractivity contribution in [3.8, 4) is 5.75 Å². The lowest BCUT2D eigenvalue weighted by molar-refractivity contribution is -0.117. The fourth-order valence-corrected chi connectivity index (χ4v) is 9.47. The molecule has 43 heavy (non-hydrogen) atoms. The smallest absolute Gasteiger partial charge is 0.264 e. The van der Waals surface area contributed by atoms with E-state index in [1.165, 1.54) is 11.1 Å². The maximum absolute atomic E-state index is 13.4. The minimum atomic E-state index is -3.95. The van der Waals surface area contributed by atoms with E-state index in [0.29, 0.717) is 49.7 Å². The predicted octanol–water partition coefficient (Wildman–Crippen LogP) is 4.83. The summed E-state index contributed by atoms with van der Waals surface area (Å²) < 4.78 is 35.3. The molecule has 6 rings (SSSR count). The van der Waals surface area contributed by atoms with Crippen LogP contribution in [0.5, 0.6) is 5.75 Å². The van der Waals surface area contributed by atoms with Crippen LogP contribution in [-0.4, -0.2) is 61.7 Å². The number of carbonyl (C=O) groups excluding carboxylic acids is 1. The number of hydrogen-bond acceptors (Lipinski definition) is 7. The number of halogens is 1. The Morgan fingerprint density at radius 3 is 2.65 bits per heavy atom. The van der Waals surface area contributed by atoms with Crippen molar-refractivity contribution < 1.29 is 28.2 Å². The molecule has 0 unspecified atom stereocenters. The monoisotopic (exact) mass is 630 g/mol. The molecule has 0 radical (unpaired) electrons. The van der Waals surface area contributed by atoms with Crippen LogP contribution in [0.3, 0.4) is 0 Å². The van der Waals surface area contributed by atoms with Gasteiger partial charge >= 0.3 is 0 Å². The molecular formula is C33H43ClN2O6S. The summed E-state index contributed by atoms with van der Waals surface area (Å²) in [7, 11) is -3.95. The largest absolute Gasteiger partial charge is 0.490 e. The molecule has 0 saturated heterocycles. The number of fused-ring (bicyclic) bond motifs is 4. The Balaban J connectivity index is 1.43. The van der Waals surface area contributed by atoms with E-state index >= 15 is 0 Å². The molecule has 0 aromatic heterocycles. The first-order chi connectivity index (χ1) is 20.4. The molecule has 2 aliphatic carbocycles. The molecule has 2 aliphatic heterocycles. The maximum atomic E-state index is 13.4. The highest BCUT2D eigenvalue weighted by Crippen LogP contribution is 2.48. The first-order valence-corrected chi connectivity index (χ1v) is 17.6. The van der Waals surface area contributed by atoms with Crippen molar-refractivity contribution in [1.82, 2.24) is 4.72 Å². The number of hydrogen-bond donors (Lipinski definition) is 3. The Labute approximate surface area is 259 Å². The lowest BCUT2D eigenvalue weighted by atomic mass is 9.63. The SMILES string of the molecule is C[C@@H]1[C@@H](C)CCC[C@](O)(CO)[C@@H]2CC[C@H]2CN2C[C@@]3(CCCc4cc(Cl)ccc43)COc3ccc(cc32)C(=O)NS1(=O)=O. The summed E-state index contributed by atoms with van der Waals surface area (Å²) in [5.74, 6) is -0.168. The molecule has 1 fully saturated rings. The van der Waals surface area contributed by atoms with Crippen LogP contribution in [0.25, 0.3) is 0 Å². The second-order valence-corrected chi connectivity index (χ2v) is 16.0. The lowest BCUT2D eigenvalue weighted by Crippen LogP contribution is -2.54. The third kappa shape index (κ3) is 5.67. The zero-order valence-corrected chi connectivity index (χ0v) is 26.6. The minimum Gasteiger partial charge on any atom is -0.490 e. The summed E-state index contributed by atoms with van der Waals surface area (Å²) >= 11 is 6.39. The van der Waals surface area contributed by atoms with Crippen LogP contribution < -0.4 is 14.4 Å². The van der Waals surface area contributed by atoms with Gasteiger partial charge in [-0.3, -0.25) is 4.79 Å². The Kier molecular flexibility index (Phi) is 8.24. The van der Waals surface area contributed by atoms with E-state index in [0.717, 1.165) is 37.8 Å². The fourth-order valence-electron chi connectivity index (χ4n) is 7.97. The molecule has 4 aliphatic rings. The van der Waals surface area contributed by atoms with Crippen LogP contribution in [-0.2, 0) is 21.9 Å². The number of sulfonamides is 1. The average Bonchev–Trinajstić information content (AvgIpc) is 3.11. The first-order valence-electron chi connectivity index (χ1n) is 15.6. The number of rotatable bonds is 1. The summed E-state index contributed by atoms with van der Waals surface area (Å²) in [5.41, 5.74) is 1.93. The Bertz CT molecular complexity index is 1500. The number of aliphatic hydroxyl groups is 2. The van der Waals surface area contributed by atoms with Crippen LogP contribution in [0.4, 0.5) is 5.69 Å². The Morgan fingerprint density at radius 2 is 1.91 bits per heavy atom. The molecule has 2 aromatic carbocycles. The number of aryl methyl sites for hydroxylation is 1. The topological polar surface area (TPSA) is 116 Å². The molecule has 10 heteroatoms. The molecule has 6 atom stereocenters. The van der Waals surface area contributed by atoms with Crippen LogP contribution in [0.1, 0.15) is 80.3 Å². The van der Waals surface area contributed by atoms with Gasteiger partial charge in [0, 0.05) is 29.1 Å². The van der Waals surface area contributed by atoms with E-state index in [1.54, 1.807) is 25.1 Å². The number of amides is 1. The molecule has 2 bridgehead atoms. The number of nitrogens with zero attached hydrogens (tertiary/aromatic N) is 1. The highest BCUT2D eigenvalue weighted by atomic mass is 35.5. The summed E-state index contributed by atoms with van der Waals surface area (Å²) in [4.78, 5) is 15.6. The van der Waals surface area contributed by atoms with Gasteiger partial charge in [0.05, 0.1) is 29.8 Å². The zero-order chi connectivity index (χ0) is 30.6. The van der Waals surface area contributed by atoms with E-state index in [-0.39, 0.29) is 35.3 Å². The molecule has 2 aromatic rings. The van der Waals surface area contributed by atoms with Crippen LogP contribution >= 0.6 is 11.6 Å². The van der Waals surface area contributed by atoms with Crippen molar-refractivity contribution in [2.24, 2.45) is 17.8 Å². The van der Waals surface area contributed by atoms with E-state index in [4.69, 9.17) is 16.3 Å². The number of ether oxygens (including phenoxy) is 1. The fraction of sp³-hybridized carbons (Fsp3) is 0.606. The molecule has 3 N–H and O–H groups in total. The normalized spacial score (nSPS) is 34.2. The van der Waals surface area contributed by atoms with Gasteiger partial charge in [-0.1, -0.05) is 31.0 Å². The van der Waals surface area contributed by atoms with Crippen LogP contribution in [0, 0.1) is 17.8 Å². The highest BCUT2D eigenvalue weighted by Gasteiger charge is 2.48. The van der Waals surface area contributed by atoms with Crippen molar-refractivity contribution in [1.29, 1.82) is 0 Å². The van der Waals surface area contributed by atoms with Gasteiger partial charge in [-0.25, -0.2) is 13.1 Å². The van der Waals surface area contributed by atoms with Gasteiger partial charge in [-0.2, -0.15) is 0 Å². The average molecular weight is 631 g/mol. The van der Waals surface area contributed by atoms with E-state index in [1.807, 2.05) is 13.0 Å². The van der Waals surface area contributed by atoms with E-state index in [9.17, 15) is 23.4 Å². The number of aliphatic hydroxyl groups excluding tert-OH is 1. The molecule has 234 valence electrons. The van der Waals surface area contributed by atoms with E-state index in [2.05, 4.69) is 21.8 Å². The summed E-state index contributed by atoms with van der Waals surface area (Å²) in [5, 5.41) is 22.0. The number of nitrogens with one attached hydrogen (secondary N) is 1. The van der Waals surface area contributed by atoms with E-state index < -0.39 is 26.8 Å². The first kappa shape index (κ1) is 30.7. The van der Waals surface area contributed by atoms with Crippen molar-refractivity contribution in [2.45, 2.75) is 81.5 Å². The molecule has 8 nitrogen and oxygen atoms in total. The van der Waals surface area contributed by atoms with Crippen molar-refractivity contribution in [2.75, 3.05) is 31.2 Å². The van der Waals surface area contributed by atoms with Crippen LogP contribution in [0.2, 0.25) is 5.02 Å². The molecule has 1 spiro atoms. The van der Waals surface area contributed by atoms with Crippen LogP contribution in [0.15, 0.2) is 36.4 Å². The molecular weight excluding hydrogens is 588 g/mol. The second kappa shape index (κ2) is 11.5. The minimum absolute atomic E-state index is 0.0747. The number of anilines is 1. The van der Waals surface area contributed by atoms with Gasteiger partial charge in [-0.05, 0) is 111 Å². The van der Waals surface area contributed by atoms with Gasteiger partial charge in [0.1, 0.15) is 5.75 Å².